The maximum Gasteiger partial charge on any atom is 0.487 e. The summed E-state index contributed by atoms with van der Waals surface area (Å²) in [7, 11) is -13.7. The van der Waals surface area contributed by atoms with Gasteiger partial charge in [-0.1, -0.05) is 36.0 Å². The third-order valence-corrected chi connectivity index (χ3v) is 8.19. The van der Waals surface area contributed by atoms with Crippen molar-refractivity contribution in [2.45, 2.75) is 31.8 Å². The van der Waals surface area contributed by atoms with E-state index in [2.05, 4.69) is 8.62 Å². The van der Waals surface area contributed by atoms with Crippen LogP contribution in [0.2, 0.25) is 0 Å². The summed E-state index contributed by atoms with van der Waals surface area (Å²) in [5.41, 5.74) is 1.09. The number of aryl methyl sites for hydroxylation is 1. The molecule has 5 N–H and O–H groups in total. The van der Waals surface area contributed by atoms with E-state index >= 15 is 0 Å². The normalized spacial score (nSPS) is 24.9. The van der Waals surface area contributed by atoms with Gasteiger partial charge in [0.25, 0.3) is 0 Å². The van der Waals surface area contributed by atoms with Crippen molar-refractivity contribution in [1.82, 2.24) is 4.57 Å². The molecular formula is C15H20NO11P3S. The molecule has 5 atom stereocenters. The second kappa shape index (κ2) is 9.70. The van der Waals surface area contributed by atoms with Crippen LogP contribution < -0.4 is 0 Å². The van der Waals surface area contributed by atoms with Crippen LogP contribution in [0, 0.1) is 11.6 Å². The Morgan fingerprint density at radius 3 is 2.68 bits per heavy atom. The van der Waals surface area contributed by atoms with Gasteiger partial charge in [-0.2, -0.15) is 4.31 Å². The zero-order valence-electron chi connectivity index (χ0n) is 15.9. The summed E-state index contributed by atoms with van der Waals surface area (Å²) in [6, 6.07) is 7.70. The Balaban J connectivity index is 1.62. The van der Waals surface area contributed by atoms with Crippen molar-refractivity contribution in [2.75, 3.05) is 6.61 Å². The highest BCUT2D eigenvalue weighted by Gasteiger charge is 2.38. The van der Waals surface area contributed by atoms with Crippen LogP contribution in [0.25, 0.3) is 10.8 Å². The van der Waals surface area contributed by atoms with Gasteiger partial charge in [-0.3, -0.25) is 0 Å². The molecule has 0 radical (unpaired) electrons. The molecular weight excluding hydrogens is 495 g/mol. The number of rotatable bonds is 8. The Labute approximate surface area is 182 Å². The van der Waals surface area contributed by atoms with Crippen molar-refractivity contribution in [3.05, 3.63) is 40.7 Å². The number of phosphoric acid groups is 2. The Hall–Kier alpha value is -0.620. The first-order chi connectivity index (χ1) is 14.3. The summed E-state index contributed by atoms with van der Waals surface area (Å²) in [4.78, 5) is 35.9. The van der Waals surface area contributed by atoms with Gasteiger partial charge in [0.1, 0.15) is 17.0 Å². The van der Waals surface area contributed by atoms with Crippen LogP contribution in [-0.4, -0.2) is 48.1 Å². The highest BCUT2D eigenvalue weighted by Crippen LogP contribution is 2.63. The van der Waals surface area contributed by atoms with Gasteiger partial charge in [0.2, 0.25) is 0 Å². The maximum absolute atomic E-state index is 11.4. The van der Waals surface area contributed by atoms with Gasteiger partial charge in [0.05, 0.1) is 12.7 Å². The second-order valence-electron chi connectivity index (χ2n) is 6.71. The van der Waals surface area contributed by atoms with Gasteiger partial charge in [-0.25, -0.2) is 13.4 Å². The Bertz CT molecular complexity index is 1110. The molecule has 0 bridgehead atoms. The Morgan fingerprint density at radius 2 is 2.00 bits per heavy atom. The molecule has 2 aromatic rings. The van der Waals surface area contributed by atoms with Gasteiger partial charge in [0.15, 0.2) is 0 Å². The lowest BCUT2D eigenvalue weighted by atomic mass is 10.1. The lowest BCUT2D eigenvalue weighted by Crippen LogP contribution is -2.25. The van der Waals surface area contributed by atoms with Crippen LogP contribution in [0.3, 0.4) is 0 Å². The van der Waals surface area contributed by atoms with E-state index in [4.69, 9.17) is 31.3 Å². The lowest BCUT2D eigenvalue weighted by Gasteiger charge is -2.19. The van der Waals surface area contributed by atoms with Crippen molar-refractivity contribution in [1.29, 1.82) is 0 Å². The van der Waals surface area contributed by atoms with Gasteiger partial charge in [-0.05, 0) is 18.4 Å². The van der Waals surface area contributed by atoms with Gasteiger partial charge >= 0.3 is 24.2 Å². The maximum atomic E-state index is 11.4. The molecule has 1 aliphatic rings. The van der Waals surface area contributed by atoms with Gasteiger partial charge in [0, 0.05) is 18.0 Å². The molecule has 3 unspecified atom stereocenters. The van der Waals surface area contributed by atoms with Gasteiger partial charge < -0.3 is 38.5 Å². The third-order valence-electron chi connectivity index (χ3n) is 4.33. The fourth-order valence-electron chi connectivity index (χ4n) is 3.04. The fraction of sp³-hybridized carbons (Fsp3) is 0.400. The van der Waals surface area contributed by atoms with Crippen LogP contribution in [-0.2, 0) is 27.0 Å². The minimum Gasteiger partial charge on any atom is -0.390 e. The number of pyridine rings is 1. The van der Waals surface area contributed by atoms with E-state index in [9.17, 15) is 24.0 Å². The average Bonchev–Trinajstić information content (AvgIpc) is 2.98. The quantitative estimate of drug-likeness (QED) is 0.257. The largest absolute Gasteiger partial charge is 0.487 e. The summed E-state index contributed by atoms with van der Waals surface area (Å²) < 4.78 is 42.5. The first-order valence-corrected chi connectivity index (χ1v) is 13.3. The molecule has 0 aliphatic carbocycles. The van der Waals surface area contributed by atoms with E-state index in [0.717, 1.165) is 16.3 Å². The number of aliphatic hydroxyl groups is 1. The zero-order chi connectivity index (χ0) is 23.0. The molecule has 172 valence electrons. The molecule has 1 aromatic heterocycles. The number of fused-ring (bicyclic) bond motifs is 1. The molecule has 16 heteroatoms. The summed E-state index contributed by atoms with van der Waals surface area (Å²) in [6.45, 7) is 1.54. The van der Waals surface area contributed by atoms with E-state index in [1.165, 1.54) is 0 Å². The molecule has 3 rings (SSSR count). The third kappa shape index (κ3) is 6.69. The monoisotopic (exact) mass is 515 g/mol. The van der Waals surface area contributed by atoms with Crippen LogP contribution in [0.4, 0.5) is 0 Å². The molecule has 1 saturated heterocycles. The number of aromatic nitrogens is 1. The van der Waals surface area contributed by atoms with Crippen molar-refractivity contribution in [3.8, 4) is 0 Å². The summed E-state index contributed by atoms with van der Waals surface area (Å²) in [5.74, 6) is 0. The molecule has 0 saturated carbocycles. The molecule has 1 aromatic carbocycles. The van der Waals surface area contributed by atoms with E-state index in [-0.39, 0.29) is 6.42 Å². The molecule has 1 aliphatic heterocycles. The summed E-state index contributed by atoms with van der Waals surface area (Å²) >= 11 is 5.54. The van der Waals surface area contributed by atoms with Crippen molar-refractivity contribution in [3.63, 3.8) is 0 Å². The SMILES string of the molecule is Cc1ccc2c(=S)n([C@H]3C[C@@H](O)C(COP(O)OP(=O)(O)OP(=O)(O)O)O3)ccc2c1. The number of nitrogens with zero attached hydrogens (tertiary/aromatic N) is 1. The zero-order valence-corrected chi connectivity index (χ0v) is 19.4. The number of hydrogen-bond acceptors (Lipinski definition) is 9. The molecule has 0 spiro atoms. The summed E-state index contributed by atoms with van der Waals surface area (Å²) in [5, 5.41) is 12.1. The van der Waals surface area contributed by atoms with Gasteiger partial charge in [-0.15, -0.1) is 0 Å². The average molecular weight is 515 g/mol. The second-order valence-corrected chi connectivity index (χ2v) is 11.1. The highest BCUT2D eigenvalue weighted by molar-refractivity contribution is 7.71. The number of ether oxygens (including phenoxy) is 1. The van der Waals surface area contributed by atoms with Crippen LogP contribution >= 0.6 is 36.5 Å². The number of benzene rings is 1. The van der Waals surface area contributed by atoms with E-state index in [0.29, 0.717) is 4.64 Å². The molecule has 1 fully saturated rings. The number of hydrogen-bond donors (Lipinski definition) is 5. The van der Waals surface area contributed by atoms with Crippen molar-refractivity contribution in [2.24, 2.45) is 0 Å². The minimum atomic E-state index is -5.33. The first kappa shape index (κ1) is 25.0. The van der Waals surface area contributed by atoms with Crippen molar-refractivity contribution < 1.29 is 51.7 Å². The Kier molecular flexibility index (Phi) is 7.83. The topological polar surface area (TPSA) is 177 Å². The van der Waals surface area contributed by atoms with E-state index in [1.807, 2.05) is 31.2 Å². The summed E-state index contributed by atoms with van der Waals surface area (Å²) in [6.07, 6.45) is -0.634. The number of aliphatic hydroxyl groups excluding tert-OH is 1. The molecule has 31 heavy (non-hydrogen) atoms. The van der Waals surface area contributed by atoms with Crippen molar-refractivity contribution >= 4 is 47.2 Å². The fourth-order valence-corrected chi connectivity index (χ4v) is 6.04. The molecule has 12 nitrogen and oxygen atoms in total. The lowest BCUT2D eigenvalue weighted by molar-refractivity contribution is -0.0413. The molecule has 0 amide bonds. The predicted molar refractivity (Wildman–Crippen MR) is 111 cm³/mol. The van der Waals surface area contributed by atoms with Crippen LogP contribution in [0.15, 0.2) is 30.5 Å². The standard InChI is InChI=1S/C15H20NO11P3S/c1-9-2-3-11-10(6-9)4-5-16(15(11)31)14-7-12(17)13(25-14)8-24-28(18)26-30(22,23)27-29(19,20)21/h2-6,12-14,17-18H,7-8H2,1H3,(H,22,23)(H2,19,20,21)/t12-,13?,14-,28?/m1/s1. The highest BCUT2D eigenvalue weighted by atomic mass is 32.1. The molecule has 2 heterocycles. The smallest absolute Gasteiger partial charge is 0.390 e. The first-order valence-electron chi connectivity index (χ1n) is 8.71. The van der Waals surface area contributed by atoms with Crippen LogP contribution in [0.1, 0.15) is 18.2 Å². The Morgan fingerprint density at radius 1 is 1.29 bits per heavy atom. The van der Waals surface area contributed by atoms with Crippen LogP contribution in [0.5, 0.6) is 0 Å². The van der Waals surface area contributed by atoms with E-state index in [1.54, 1.807) is 10.8 Å². The predicted octanol–water partition coefficient (Wildman–Crippen LogP) is 2.79. The van der Waals surface area contributed by atoms with E-state index < -0.39 is 49.3 Å². The minimum absolute atomic E-state index is 0.170.